The molecule has 1 aliphatic heterocycles. The van der Waals surface area contributed by atoms with E-state index in [1.165, 1.54) is 0 Å². The van der Waals surface area contributed by atoms with Crippen LogP contribution in [0.25, 0.3) is 28.0 Å². The van der Waals surface area contributed by atoms with Gasteiger partial charge >= 0.3 is 6.09 Å². The van der Waals surface area contributed by atoms with Crippen LogP contribution < -0.4 is 4.90 Å². The number of pyridine rings is 1. The number of benzene rings is 1. The van der Waals surface area contributed by atoms with Crippen LogP contribution in [0.15, 0.2) is 61.2 Å². The van der Waals surface area contributed by atoms with Crippen LogP contribution in [0.3, 0.4) is 0 Å². The molecule has 0 unspecified atom stereocenters. The summed E-state index contributed by atoms with van der Waals surface area (Å²) in [6.45, 7) is 8.99. The SMILES string of the molecule is C[C@@H]1CN(c2ncnc3c2c(-c2ccccc2)cn3-c2cc(C#N)ccn2)[C@@H](C2CC2)CN1C(=O)OC(C)(C)C. The largest absolute Gasteiger partial charge is 0.444 e. The van der Waals surface area contributed by atoms with Crippen LogP contribution in [0.2, 0.25) is 0 Å². The second-order valence-corrected chi connectivity index (χ2v) is 11.7. The van der Waals surface area contributed by atoms with Crippen LogP contribution in [0.5, 0.6) is 0 Å². The number of nitrogens with zero attached hydrogens (tertiary/aromatic N) is 7. The van der Waals surface area contributed by atoms with Gasteiger partial charge in [-0.05, 0) is 64.2 Å². The summed E-state index contributed by atoms with van der Waals surface area (Å²) in [5.41, 5.74) is 2.74. The Hall–Kier alpha value is -4.45. The summed E-state index contributed by atoms with van der Waals surface area (Å²) in [5.74, 6) is 1.96. The minimum atomic E-state index is -0.549. The third kappa shape index (κ3) is 4.86. The lowest BCUT2D eigenvalue weighted by molar-refractivity contribution is 0.0116. The molecule has 0 radical (unpaired) electrons. The Kier molecular flexibility index (Phi) is 6.41. The Bertz CT molecular complexity index is 1600. The third-order valence-electron chi connectivity index (χ3n) is 7.61. The monoisotopic (exact) mass is 535 g/mol. The number of rotatable bonds is 4. The summed E-state index contributed by atoms with van der Waals surface area (Å²) < 4.78 is 7.71. The van der Waals surface area contributed by atoms with Gasteiger partial charge in [-0.3, -0.25) is 4.57 Å². The topological polar surface area (TPSA) is 100 Å². The van der Waals surface area contributed by atoms with Crippen LogP contribution in [0.4, 0.5) is 10.6 Å². The number of aromatic nitrogens is 4. The molecule has 204 valence electrons. The highest BCUT2D eigenvalue weighted by molar-refractivity contribution is 6.02. The molecule has 0 bridgehead atoms. The average Bonchev–Trinajstić information content (AvgIpc) is 3.71. The summed E-state index contributed by atoms with van der Waals surface area (Å²) in [6.07, 6.45) is 7.27. The van der Waals surface area contributed by atoms with Gasteiger partial charge in [-0.25, -0.2) is 19.7 Å². The van der Waals surface area contributed by atoms with Crippen LogP contribution >= 0.6 is 0 Å². The van der Waals surface area contributed by atoms with E-state index in [1.54, 1.807) is 24.7 Å². The molecule has 2 fully saturated rings. The van der Waals surface area contributed by atoms with E-state index < -0.39 is 5.60 Å². The number of piperazine rings is 1. The Morgan fingerprint density at radius 3 is 2.55 bits per heavy atom. The maximum atomic E-state index is 13.1. The lowest BCUT2D eigenvalue weighted by Crippen LogP contribution is -2.60. The molecule has 1 aromatic carbocycles. The molecular weight excluding hydrogens is 502 g/mol. The summed E-state index contributed by atoms with van der Waals surface area (Å²) in [4.78, 5) is 31.6. The molecule has 9 heteroatoms. The molecular formula is C31H33N7O2. The zero-order chi connectivity index (χ0) is 28.0. The van der Waals surface area contributed by atoms with Gasteiger partial charge in [0.2, 0.25) is 0 Å². The Balaban J connectivity index is 1.48. The van der Waals surface area contributed by atoms with E-state index >= 15 is 0 Å². The molecule has 9 nitrogen and oxygen atoms in total. The highest BCUT2D eigenvalue weighted by Gasteiger charge is 2.44. The first-order chi connectivity index (χ1) is 19.2. The number of carbonyl (C=O) groups excluding carboxylic acids is 1. The van der Waals surface area contributed by atoms with Crippen molar-refractivity contribution in [3.8, 4) is 23.0 Å². The molecule has 40 heavy (non-hydrogen) atoms. The van der Waals surface area contributed by atoms with Crippen molar-refractivity contribution in [3.05, 3.63) is 66.7 Å². The average molecular weight is 536 g/mol. The maximum absolute atomic E-state index is 13.1. The number of hydrogen-bond acceptors (Lipinski definition) is 7. The van der Waals surface area contributed by atoms with Crippen molar-refractivity contribution in [1.82, 2.24) is 24.4 Å². The normalized spacial score (nSPS) is 19.5. The van der Waals surface area contributed by atoms with Crippen molar-refractivity contribution in [2.45, 2.75) is 58.2 Å². The number of carbonyl (C=O) groups is 1. The molecule has 2 atom stereocenters. The molecule has 3 aromatic heterocycles. The van der Waals surface area contributed by atoms with Crippen LogP contribution in [-0.2, 0) is 4.74 Å². The molecule has 6 rings (SSSR count). The molecule has 1 amide bonds. The number of fused-ring (bicyclic) bond motifs is 1. The summed E-state index contributed by atoms with van der Waals surface area (Å²) in [6, 6.07) is 15.9. The lowest BCUT2D eigenvalue weighted by atomic mass is 10.0. The van der Waals surface area contributed by atoms with Gasteiger partial charge in [0.15, 0.2) is 5.65 Å². The van der Waals surface area contributed by atoms with Gasteiger partial charge in [0, 0.05) is 37.1 Å². The van der Waals surface area contributed by atoms with E-state index in [0.29, 0.717) is 30.4 Å². The van der Waals surface area contributed by atoms with E-state index in [-0.39, 0.29) is 18.2 Å². The van der Waals surface area contributed by atoms with Gasteiger partial charge < -0.3 is 14.5 Å². The van der Waals surface area contributed by atoms with E-state index in [4.69, 9.17) is 14.7 Å². The zero-order valence-corrected chi connectivity index (χ0v) is 23.3. The highest BCUT2D eigenvalue weighted by Crippen LogP contribution is 2.43. The standard InChI is InChI=1S/C31H33N7O2/c1-20-16-37(25(23-10-11-23)18-36(20)30(39)40-31(2,3)4)28-27-24(22-8-6-5-7-9-22)17-38(29(27)35-19-34-28)26-14-21(15-32)12-13-33-26/h5-9,12-14,17,19-20,23,25H,10-11,16,18H2,1-4H3/t20-,25-/m1/s1. The molecule has 1 saturated heterocycles. The molecule has 1 aliphatic carbocycles. The first-order valence-electron chi connectivity index (χ1n) is 13.8. The number of nitriles is 1. The molecule has 1 saturated carbocycles. The number of ether oxygens (including phenoxy) is 1. The summed E-state index contributed by atoms with van der Waals surface area (Å²) in [5, 5.41) is 10.4. The van der Waals surface area contributed by atoms with Crippen molar-refractivity contribution in [2.24, 2.45) is 5.92 Å². The molecule has 4 aromatic rings. The fraction of sp³-hybridized carbons (Fsp3) is 0.387. The molecule has 0 N–H and O–H groups in total. The highest BCUT2D eigenvalue weighted by atomic mass is 16.6. The van der Waals surface area contributed by atoms with Crippen molar-refractivity contribution in [3.63, 3.8) is 0 Å². The number of hydrogen-bond donors (Lipinski definition) is 0. The summed E-state index contributed by atoms with van der Waals surface area (Å²) >= 11 is 0. The second-order valence-electron chi connectivity index (χ2n) is 11.7. The predicted molar refractivity (Wildman–Crippen MR) is 153 cm³/mol. The molecule has 4 heterocycles. The Morgan fingerprint density at radius 1 is 1.07 bits per heavy atom. The van der Waals surface area contributed by atoms with E-state index in [0.717, 1.165) is 40.8 Å². The fourth-order valence-electron chi connectivity index (χ4n) is 5.60. The minimum absolute atomic E-state index is 0.0638. The maximum Gasteiger partial charge on any atom is 0.410 e. The number of anilines is 1. The predicted octanol–water partition coefficient (Wildman–Crippen LogP) is 5.58. The quantitative estimate of drug-likeness (QED) is 0.336. The van der Waals surface area contributed by atoms with Crippen LogP contribution in [0.1, 0.15) is 46.1 Å². The number of amides is 1. The lowest BCUT2D eigenvalue weighted by Gasteiger charge is -2.46. The van der Waals surface area contributed by atoms with Crippen molar-refractivity contribution >= 4 is 22.9 Å². The fourth-order valence-corrected chi connectivity index (χ4v) is 5.60. The van der Waals surface area contributed by atoms with Crippen molar-refractivity contribution in [1.29, 1.82) is 5.26 Å². The second kappa shape index (κ2) is 9.94. The Labute approximate surface area is 234 Å². The van der Waals surface area contributed by atoms with E-state index in [2.05, 4.69) is 35.0 Å². The van der Waals surface area contributed by atoms with E-state index in [9.17, 15) is 10.1 Å². The van der Waals surface area contributed by atoms with Gasteiger partial charge in [0.25, 0.3) is 0 Å². The third-order valence-corrected chi connectivity index (χ3v) is 7.61. The van der Waals surface area contributed by atoms with Crippen molar-refractivity contribution < 1.29 is 9.53 Å². The first-order valence-corrected chi connectivity index (χ1v) is 13.8. The van der Waals surface area contributed by atoms with Gasteiger partial charge in [-0.15, -0.1) is 0 Å². The van der Waals surface area contributed by atoms with Gasteiger partial charge in [0.05, 0.1) is 23.1 Å². The minimum Gasteiger partial charge on any atom is -0.444 e. The van der Waals surface area contributed by atoms with Crippen LogP contribution in [0, 0.1) is 17.2 Å². The van der Waals surface area contributed by atoms with Crippen LogP contribution in [-0.4, -0.2) is 61.3 Å². The molecule has 2 aliphatic rings. The summed E-state index contributed by atoms with van der Waals surface area (Å²) in [7, 11) is 0. The van der Waals surface area contributed by atoms with E-state index in [1.807, 2.05) is 54.6 Å². The first kappa shape index (κ1) is 25.8. The Morgan fingerprint density at radius 2 is 1.85 bits per heavy atom. The molecule has 0 spiro atoms. The van der Waals surface area contributed by atoms with Gasteiger partial charge in [-0.2, -0.15) is 5.26 Å². The van der Waals surface area contributed by atoms with Gasteiger partial charge in [-0.1, -0.05) is 30.3 Å². The zero-order valence-electron chi connectivity index (χ0n) is 23.3. The van der Waals surface area contributed by atoms with Crippen molar-refractivity contribution in [2.75, 3.05) is 18.0 Å². The van der Waals surface area contributed by atoms with Gasteiger partial charge in [0.1, 0.15) is 23.6 Å². The smallest absolute Gasteiger partial charge is 0.410 e.